The summed E-state index contributed by atoms with van der Waals surface area (Å²) in [5.74, 6) is -0.741. The maximum atomic E-state index is 11.0. The van der Waals surface area contributed by atoms with Gasteiger partial charge in [-0.3, -0.25) is 4.79 Å². The summed E-state index contributed by atoms with van der Waals surface area (Å²) < 4.78 is 0. The van der Waals surface area contributed by atoms with Crippen LogP contribution in [0.2, 0.25) is 0 Å². The molecule has 0 bridgehead atoms. The molecule has 0 saturated heterocycles. The summed E-state index contributed by atoms with van der Waals surface area (Å²) in [6, 6.07) is 0. The predicted molar refractivity (Wildman–Crippen MR) is 55.2 cm³/mol. The number of hydrogen-bond acceptors (Lipinski definition) is 3. The largest absolute Gasteiger partial charge is 0.480 e. The van der Waals surface area contributed by atoms with Crippen molar-refractivity contribution in [2.45, 2.75) is 39.2 Å². The lowest BCUT2D eigenvalue weighted by Gasteiger charge is -2.27. The monoisotopic (exact) mass is 203 g/mol. The third-order valence-corrected chi connectivity index (χ3v) is 2.37. The van der Waals surface area contributed by atoms with Crippen LogP contribution in [0.1, 0.15) is 33.6 Å². The summed E-state index contributed by atoms with van der Waals surface area (Å²) in [5.41, 5.74) is -0.863. The van der Waals surface area contributed by atoms with Crippen molar-refractivity contribution in [1.82, 2.24) is 5.32 Å². The Morgan fingerprint density at radius 3 is 2.50 bits per heavy atom. The van der Waals surface area contributed by atoms with E-state index in [1.165, 1.54) is 0 Å². The SMILES string of the molecule is CCCC(C)(NCC(C)CO)C(=O)O. The average molecular weight is 203 g/mol. The first-order chi connectivity index (χ1) is 6.46. The Hall–Kier alpha value is -0.610. The predicted octanol–water partition coefficient (Wildman–Crippen LogP) is 0.848. The van der Waals surface area contributed by atoms with Crippen LogP contribution < -0.4 is 5.32 Å². The Morgan fingerprint density at radius 1 is 1.57 bits per heavy atom. The van der Waals surface area contributed by atoms with E-state index >= 15 is 0 Å². The highest BCUT2D eigenvalue weighted by Crippen LogP contribution is 2.12. The number of aliphatic hydroxyl groups excluding tert-OH is 1. The Morgan fingerprint density at radius 2 is 2.14 bits per heavy atom. The Bertz CT molecular complexity index is 184. The molecule has 14 heavy (non-hydrogen) atoms. The molecule has 0 aromatic carbocycles. The van der Waals surface area contributed by atoms with Crippen molar-refractivity contribution >= 4 is 5.97 Å². The number of carboxylic acids is 1. The number of aliphatic hydroxyl groups is 1. The molecule has 84 valence electrons. The van der Waals surface area contributed by atoms with Gasteiger partial charge < -0.3 is 15.5 Å². The molecule has 0 amide bonds. The number of rotatable bonds is 7. The van der Waals surface area contributed by atoms with Crippen molar-refractivity contribution in [2.24, 2.45) is 5.92 Å². The van der Waals surface area contributed by atoms with Gasteiger partial charge in [0, 0.05) is 13.2 Å². The lowest BCUT2D eigenvalue weighted by atomic mass is 9.95. The molecule has 0 spiro atoms. The van der Waals surface area contributed by atoms with Gasteiger partial charge in [0.25, 0.3) is 0 Å². The Labute approximate surface area is 85.3 Å². The van der Waals surface area contributed by atoms with Crippen molar-refractivity contribution in [1.29, 1.82) is 0 Å². The Kier molecular flexibility index (Phi) is 5.72. The molecule has 0 radical (unpaired) electrons. The molecule has 0 aliphatic carbocycles. The minimum absolute atomic E-state index is 0.0782. The molecule has 2 atom stereocenters. The molecular formula is C10H21NO3. The van der Waals surface area contributed by atoms with E-state index in [0.29, 0.717) is 13.0 Å². The second-order valence-electron chi connectivity index (χ2n) is 4.06. The lowest BCUT2D eigenvalue weighted by Crippen LogP contribution is -2.51. The molecular weight excluding hydrogens is 182 g/mol. The van der Waals surface area contributed by atoms with Crippen LogP contribution in [-0.4, -0.2) is 34.9 Å². The van der Waals surface area contributed by atoms with Crippen LogP contribution in [0.3, 0.4) is 0 Å². The first-order valence-corrected chi connectivity index (χ1v) is 5.05. The van der Waals surface area contributed by atoms with Crippen molar-refractivity contribution < 1.29 is 15.0 Å². The highest BCUT2D eigenvalue weighted by atomic mass is 16.4. The minimum Gasteiger partial charge on any atom is -0.480 e. The van der Waals surface area contributed by atoms with E-state index in [2.05, 4.69) is 5.32 Å². The zero-order valence-electron chi connectivity index (χ0n) is 9.21. The van der Waals surface area contributed by atoms with E-state index in [4.69, 9.17) is 10.2 Å². The van der Waals surface area contributed by atoms with Gasteiger partial charge in [-0.1, -0.05) is 20.3 Å². The molecule has 4 heteroatoms. The van der Waals surface area contributed by atoms with Crippen molar-refractivity contribution in [2.75, 3.05) is 13.2 Å². The van der Waals surface area contributed by atoms with Crippen LogP contribution in [0.15, 0.2) is 0 Å². The molecule has 0 rings (SSSR count). The summed E-state index contributed by atoms with van der Waals surface area (Å²) in [6.45, 7) is 6.12. The van der Waals surface area contributed by atoms with Gasteiger partial charge in [0.1, 0.15) is 5.54 Å². The number of hydrogen-bond donors (Lipinski definition) is 3. The molecule has 4 nitrogen and oxygen atoms in total. The molecule has 2 unspecified atom stereocenters. The van der Waals surface area contributed by atoms with E-state index in [0.717, 1.165) is 6.42 Å². The number of nitrogens with one attached hydrogen (secondary N) is 1. The van der Waals surface area contributed by atoms with E-state index in [9.17, 15) is 4.79 Å². The van der Waals surface area contributed by atoms with Gasteiger partial charge in [0.2, 0.25) is 0 Å². The van der Waals surface area contributed by atoms with Gasteiger partial charge in [-0.25, -0.2) is 0 Å². The summed E-state index contributed by atoms with van der Waals surface area (Å²) in [6.07, 6.45) is 1.42. The molecule has 0 aromatic heterocycles. The van der Waals surface area contributed by atoms with E-state index in [1.807, 2.05) is 13.8 Å². The fraction of sp³-hybridized carbons (Fsp3) is 0.900. The van der Waals surface area contributed by atoms with Gasteiger partial charge in [0.15, 0.2) is 0 Å². The maximum Gasteiger partial charge on any atom is 0.323 e. The van der Waals surface area contributed by atoms with Crippen LogP contribution in [0, 0.1) is 5.92 Å². The van der Waals surface area contributed by atoms with Crippen LogP contribution in [0.4, 0.5) is 0 Å². The number of carbonyl (C=O) groups is 1. The molecule has 0 aliphatic rings. The fourth-order valence-electron chi connectivity index (χ4n) is 1.23. The zero-order chi connectivity index (χ0) is 11.2. The summed E-state index contributed by atoms with van der Waals surface area (Å²) >= 11 is 0. The first-order valence-electron chi connectivity index (χ1n) is 5.05. The zero-order valence-corrected chi connectivity index (χ0v) is 9.21. The standard InChI is InChI=1S/C10H21NO3/c1-4-5-10(3,9(13)14)11-6-8(2)7-12/h8,11-12H,4-7H2,1-3H3,(H,13,14). The molecule has 0 aliphatic heterocycles. The third-order valence-electron chi connectivity index (χ3n) is 2.37. The maximum absolute atomic E-state index is 11.0. The van der Waals surface area contributed by atoms with Crippen molar-refractivity contribution in [3.63, 3.8) is 0 Å². The fourth-order valence-corrected chi connectivity index (χ4v) is 1.23. The molecule has 0 fully saturated rings. The number of carboxylic acid groups (broad SMARTS) is 1. The lowest BCUT2D eigenvalue weighted by molar-refractivity contribution is -0.144. The highest BCUT2D eigenvalue weighted by Gasteiger charge is 2.31. The van der Waals surface area contributed by atoms with Gasteiger partial charge in [-0.2, -0.15) is 0 Å². The summed E-state index contributed by atoms with van der Waals surface area (Å²) in [7, 11) is 0. The molecule has 0 heterocycles. The molecule has 0 saturated carbocycles. The second-order valence-corrected chi connectivity index (χ2v) is 4.06. The normalized spacial score (nSPS) is 17.4. The Balaban J connectivity index is 4.16. The van der Waals surface area contributed by atoms with E-state index in [-0.39, 0.29) is 12.5 Å². The van der Waals surface area contributed by atoms with Crippen LogP contribution in [0.25, 0.3) is 0 Å². The summed E-state index contributed by atoms with van der Waals surface area (Å²) in [5, 5.41) is 20.8. The molecule has 0 aromatic rings. The van der Waals surface area contributed by atoms with Gasteiger partial charge in [-0.05, 0) is 19.3 Å². The van der Waals surface area contributed by atoms with Crippen molar-refractivity contribution in [3.8, 4) is 0 Å². The van der Waals surface area contributed by atoms with Crippen LogP contribution in [-0.2, 0) is 4.79 Å². The second kappa shape index (κ2) is 5.98. The van der Waals surface area contributed by atoms with Crippen LogP contribution in [0.5, 0.6) is 0 Å². The third kappa shape index (κ3) is 4.07. The quantitative estimate of drug-likeness (QED) is 0.573. The smallest absolute Gasteiger partial charge is 0.323 e. The van der Waals surface area contributed by atoms with Crippen LogP contribution >= 0.6 is 0 Å². The van der Waals surface area contributed by atoms with E-state index in [1.54, 1.807) is 6.92 Å². The first kappa shape index (κ1) is 13.4. The molecule has 3 N–H and O–H groups in total. The van der Waals surface area contributed by atoms with E-state index < -0.39 is 11.5 Å². The average Bonchev–Trinajstić information content (AvgIpc) is 2.14. The van der Waals surface area contributed by atoms with Crippen molar-refractivity contribution in [3.05, 3.63) is 0 Å². The van der Waals surface area contributed by atoms with Gasteiger partial charge in [0.05, 0.1) is 0 Å². The van der Waals surface area contributed by atoms with Gasteiger partial charge in [-0.15, -0.1) is 0 Å². The minimum atomic E-state index is -0.863. The highest BCUT2D eigenvalue weighted by molar-refractivity contribution is 5.78. The van der Waals surface area contributed by atoms with Gasteiger partial charge >= 0.3 is 5.97 Å². The topological polar surface area (TPSA) is 69.6 Å². The number of aliphatic carboxylic acids is 1. The summed E-state index contributed by atoms with van der Waals surface area (Å²) in [4.78, 5) is 11.0.